The Morgan fingerprint density at radius 3 is 2.13 bits per heavy atom. The smallest absolute Gasteiger partial charge is 0.464 e. The van der Waals surface area contributed by atoms with Gasteiger partial charge in [-0.15, -0.1) is 0 Å². The van der Waals surface area contributed by atoms with Crippen molar-refractivity contribution >= 4 is 12.1 Å². The van der Waals surface area contributed by atoms with Crippen LogP contribution in [0.4, 0.5) is 4.79 Å². The van der Waals surface area contributed by atoms with Crippen LogP contribution in [0.1, 0.15) is 13.8 Å². The number of hydrogen-bond donors (Lipinski definition) is 2. The summed E-state index contributed by atoms with van der Waals surface area (Å²) in [6.07, 6.45) is -0.886. The SMILES string of the molecule is C=CCOC(=O)O.CCOC(=O)C(C)O. The van der Waals surface area contributed by atoms with Crippen LogP contribution in [0.3, 0.4) is 0 Å². The fourth-order valence-electron chi connectivity index (χ4n) is 0.393. The lowest BCUT2D eigenvalue weighted by Gasteiger charge is -2.01. The molecule has 2 N–H and O–H groups in total. The second-order valence-corrected chi connectivity index (χ2v) is 2.29. The summed E-state index contributed by atoms with van der Waals surface area (Å²) in [7, 11) is 0. The molecule has 0 saturated heterocycles. The molecule has 1 unspecified atom stereocenters. The largest absolute Gasteiger partial charge is 0.506 e. The van der Waals surface area contributed by atoms with Crippen molar-refractivity contribution < 1.29 is 29.3 Å². The molecule has 0 saturated carbocycles. The average molecular weight is 220 g/mol. The van der Waals surface area contributed by atoms with Crippen LogP contribution in [0.2, 0.25) is 0 Å². The number of carbonyl (C=O) groups excluding carboxylic acids is 1. The van der Waals surface area contributed by atoms with Gasteiger partial charge in [0.1, 0.15) is 12.7 Å². The lowest BCUT2D eigenvalue weighted by atomic mass is 10.4. The van der Waals surface area contributed by atoms with Gasteiger partial charge in [0.05, 0.1) is 6.61 Å². The average Bonchev–Trinajstić information content (AvgIpc) is 2.16. The standard InChI is InChI=1S/C5H10O3.C4H6O3/c1-3-8-5(7)4(2)6;1-2-3-7-4(5)6/h4,6H,3H2,1-2H3;2H,1,3H2,(H,5,6). The molecule has 88 valence electrons. The van der Waals surface area contributed by atoms with Crippen molar-refractivity contribution in [1.82, 2.24) is 0 Å². The van der Waals surface area contributed by atoms with E-state index in [1.54, 1.807) is 6.92 Å². The lowest BCUT2D eigenvalue weighted by Crippen LogP contribution is -2.18. The molecule has 15 heavy (non-hydrogen) atoms. The molecule has 0 bridgehead atoms. The second kappa shape index (κ2) is 10.5. The quantitative estimate of drug-likeness (QED) is 0.537. The molecule has 6 nitrogen and oxygen atoms in total. The van der Waals surface area contributed by atoms with Gasteiger partial charge in [-0.05, 0) is 13.8 Å². The van der Waals surface area contributed by atoms with E-state index in [1.807, 2.05) is 0 Å². The van der Waals surface area contributed by atoms with Gasteiger partial charge in [0.15, 0.2) is 0 Å². The van der Waals surface area contributed by atoms with Crippen LogP contribution in [0.15, 0.2) is 12.7 Å². The Hall–Kier alpha value is -1.56. The Balaban J connectivity index is 0. The van der Waals surface area contributed by atoms with E-state index in [-0.39, 0.29) is 6.61 Å². The third kappa shape index (κ3) is 15.2. The van der Waals surface area contributed by atoms with Crippen LogP contribution >= 0.6 is 0 Å². The molecule has 6 heteroatoms. The van der Waals surface area contributed by atoms with E-state index in [1.165, 1.54) is 13.0 Å². The zero-order valence-corrected chi connectivity index (χ0v) is 8.80. The van der Waals surface area contributed by atoms with E-state index >= 15 is 0 Å². The summed E-state index contributed by atoms with van der Waals surface area (Å²) in [5.41, 5.74) is 0. The van der Waals surface area contributed by atoms with Gasteiger partial charge in [-0.2, -0.15) is 0 Å². The van der Waals surface area contributed by atoms with Gasteiger partial charge in [0.2, 0.25) is 0 Å². The Labute approximate surface area is 88.1 Å². The third-order valence-corrected chi connectivity index (χ3v) is 0.952. The van der Waals surface area contributed by atoms with Crippen LogP contribution in [0, 0.1) is 0 Å². The number of ether oxygens (including phenoxy) is 2. The molecule has 1 atom stereocenters. The molecular formula is C9H16O6. The second-order valence-electron chi connectivity index (χ2n) is 2.29. The van der Waals surface area contributed by atoms with Crippen molar-refractivity contribution in [1.29, 1.82) is 0 Å². The number of rotatable bonds is 4. The molecule has 0 heterocycles. The summed E-state index contributed by atoms with van der Waals surface area (Å²) in [5, 5.41) is 16.3. The highest BCUT2D eigenvalue weighted by Gasteiger charge is 2.07. The summed E-state index contributed by atoms with van der Waals surface area (Å²) in [4.78, 5) is 19.8. The summed E-state index contributed by atoms with van der Waals surface area (Å²) < 4.78 is 8.40. The zero-order valence-electron chi connectivity index (χ0n) is 8.80. The lowest BCUT2D eigenvalue weighted by molar-refractivity contribution is -0.151. The van der Waals surface area contributed by atoms with Crippen molar-refractivity contribution in [2.75, 3.05) is 13.2 Å². The Morgan fingerprint density at radius 2 is 2.00 bits per heavy atom. The molecule has 0 rings (SSSR count). The van der Waals surface area contributed by atoms with Gasteiger partial charge in [0, 0.05) is 0 Å². The topological polar surface area (TPSA) is 93.1 Å². The van der Waals surface area contributed by atoms with E-state index in [0.717, 1.165) is 0 Å². The van der Waals surface area contributed by atoms with E-state index in [9.17, 15) is 9.59 Å². The molecule has 0 amide bonds. The van der Waals surface area contributed by atoms with Gasteiger partial charge in [-0.3, -0.25) is 0 Å². The molecule has 0 aliphatic heterocycles. The minimum atomic E-state index is -1.26. The molecule has 0 aromatic carbocycles. The first-order valence-corrected chi connectivity index (χ1v) is 4.27. The highest BCUT2D eigenvalue weighted by Crippen LogP contribution is 1.84. The molecular weight excluding hydrogens is 204 g/mol. The fourth-order valence-corrected chi connectivity index (χ4v) is 0.393. The Morgan fingerprint density at radius 1 is 1.47 bits per heavy atom. The van der Waals surface area contributed by atoms with Gasteiger partial charge in [0.25, 0.3) is 0 Å². The van der Waals surface area contributed by atoms with Crippen molar-refractivity contribution in [3.05, 3.63) is 12.7 Å². The molecule has 0 spiro atoms. The maximum Gasteiger partial charge on any atom is 0.506 e. The van der Waals surface area contributed by atoms with Gasteiger partial charge >= 0.3 is 12.1 Å². The van der Waals surface area contributed by atoms with Crippen LogP contribution in [0.5, 0.6) is 0 Å². The Kier molecular flexibility index (Phi) is 11.1. The summed E-state index contributed by atoms with van der Waals surface area (Å²) >= 11 is 0. The molecule has 0 radical (unpaired) electrons. The maximum atomic E-state index is 10.3. The van der Waals surface area contributed by atoms with Crippen LogP contribution < -0.4 is 0 Å². The normalized spacial score (nSPS) is 10.3. The molecule has 0 aromatic heterocycles. The van der Waals surface area contributed by atoms with Crippen LogP contribution in [0.25, 0.3) is 0 Å². The highest BCUT2D eigenvalue weighted by molar-refractivity contribution is 5.73. The monoisotopic (exact) mass is 220 g/mol. The number of hydrogen-bond acceptors (Lipinski definition) is 5. The first-order chi connectivity index (χ1) is 6.95. The summed E-state index contributed by atoms with van der Waals surface area (Å²) in [6.45, 7) is 6.70. The third-order valence-electron chi connectivity index (χ3n) is 0.952. The van der Waals surface area contributed by atoms with Gasteiger partial charge in [-0.25, -0.2) is 9.59 Å². The van der Waals surface area contributed by atoms with Crippen LogP contribution in [-0.4, -0.2) is 41.7 Å². The number of aliphatic hydroxyl groups excluding tert-OH is 1. The predicted molar refractivity (Wildman–Crippen MR) is 52.5 cm³/mol. The van der Waals surface area contributed by atoms with E-state index < -0.39 is 18.2 Å². The fraction of sp³-hybridized carbons (Fsp3) is 0.556. The van der Waals surface area contributed by atoms with Crippen molar-refractivity contribution in [3.8, 4) is 0 Å². The Bertz CT molecular complexity index is 199. The van der Waals surface area contributed by atoms with Gasteiger partial charge in [-0.1, -0.05) is 12.7 Å². The minimum absolute atomic E-state index is 0.0648. The predicted octanol–water partition coefficient (Wildman–Crippen LogP) is 0.797. The minimum Gasteiger partial charge on any atom is -0.464 e. The molecule has 0 fully saturated rings. The highest BCUT2D eigenvalue weighted by atomic mass is 16.7. The molecule has 0 aromatic rings. The van der Waals surface area contributed by atoms with Crippen LogP contribution in [-0.2, 0) is 14.3 Å². The maximum absolute atomic E-state index is 10.3. The van der Waals surface area contributed by atoms with Crippen molar-refractivity contribution in [2.45, 2.75) is 20.0 Å². The van der Waals surface area contributed by atoms with Crippen molar-refractivity contribution in [2.24, 2.45) is 0 Å². The zero-order chi connectivity index (χ0) is 12.3. The first-order valence-electron chi connectivity index (χ1n) is 4.27. The van der Waals surface area contributed by atoms with E-state index in [2.05, 4.69) is 16.1 Å². The van der Waals surface area contributed by atoms with Gasteiger partial charge < -0.3 is 19.7 Å². The molecule has 0 aliphatic carbocycles. The molecule has 0 aliphatic rings. The summed E-state index contributed by atoms with van der Waals surface area (Å²) in [6, 6.07) is 0. The number of carboxylic acid groups (broad SMARTS) is 1. The number of aliphatic hydroxyl groups is 1. The number of esters is 1. The number of carbonyl (C=O) groups is 2. The summed E-state index contributed by atoms with van der Waals surface area (Å²) in [5.74, 6) is -0.562. The van der Waals surface area contributed by atoms with E-state index in [4.69, 9.17) is 10.2 Å². The first kappa shape index (κ1) is 15.9. The van der Waals surface area contributed by atoms with Crippen molar-refractivity contribution in [3.63, 3.8) is 0 Å². The van der Waals surface area contributed by atoms with E-state index in [0.29, 0.717) is 6.61 Å².